The summed E-state index contributed by atoms with van der Waals surface area (Å²) < 4.78 is 0. The van der Waals surface area contributed by atoms with Crippen molar-refractivity contribution in [2.24, 2.45) is 0 Å². The van der Waals surface area contributed by atoms with E-state index in [1.54, 1.807) is 0 Å². The Hall–Kier alpha value is -0.510. The molecule has 0 radical (unpaired) electrons. The van der Waals surface area contributed by atoms with Crippen molar-refractivity contribution in [2.75, 3.05) is 18.0 Å². The Morgan fingerprint density at radius 3 is 2.25 bits per heavy atom. The van der Waals surface area contributed by atoms with Crippen LogP contribution in [0.25, 0.3) is 6.08 Å². The molecule has 0 spiro atoms. The molecule has 0 amide bonds. The summed E-state index contributed by atoms with van der Waals surface area (Å²) in [6.45, 7) is 2.45. The molecule has 16 heavy (non-hydrogen) atoms. The second kappa shape index (κ2) is 8.62. The average Bonchev–Trinajstić information content (AvgIpc) is 2.41. The lowest BCUT2D eigenvalue weighted by molar-refractivity contribution is 0.311. The maximum atomic E-state index is 2.41. The van der Waals surface area contributed by atoms with Gasteiger partial charge in [0.15, 0.2) is 0 Å². The zero-order valence-corrected chi connectivity index (χ0v) is 12.1. The molecule has 1 aromatic carbocycles. The monoisotopic (exact) mass is 329 g/mol. The summed E-state index contributed by atoms with van der Waals surface area (Å²) in [5, 5.41) is 0. The van der Waals surface area contributed by atoms with Gasteiger partial charge in [-0.15, -0.1) is 0 Å². The summed E-state index contributed by atoms with van der Waals surface area (Å²) >= 11 is 2.15. The maximum absolute atomic E-state index is 2.41. The molecule has 1 aliphatic heterocycles. The Balaban J connectivity index is 0.000000606. The van der Waals surface area contributed by atoms with Crippen LogP contribution < -0.4 is 0 Å². The molecule has 2 heteroatoms. The molecule has 0 aliphatic carbocycles. The summed E-state index contributed by atoms with van der Waals surface area (Å²) in [7, 11) is 0. The molecule has 0 saturated carbocycles. The molecule has 1 heterocycles. The van der Waals surface area contributed by atoms with Gasteiger partial charge in [-0.2, -0.15) is 0 Å². The summed E-state index contributed by atoms with van der Waals surface area (Å²) in [6.07, 6.45) is 8.52. The van der Waals surface area contributed by atoms with Gasteiger partial charge < -0.3 is 4.90 Å². The standard InChI is InChI=1S/C13H17N.CH3I/c1-3-7-13(8-4-1)9-12-14-10-5-2-6-11-14;1-2/h1,3-4,7-9,12H,2,5-6,10-11H2;1H3/b12-9+;. The van der Waals surface area contributed by atoms with E-state index in [0.29, 0.717) is 0 Å². The lowest BCUT2D eigenvalue weighted by atomic mass is 10.1. The Morgan fingerprint density at radius 2 is 1.62 bits per heavy atom. The first kappa shape index (κ1) is 13.6. The number of piperidine rings is 1. The molecule has 88 valence electrons. The number of rotatable bonds is 2. The van der Waals surface area contributed by atoms with Crippen molar-refractivity contribution in [2.45, 2.75) is 19.3 Å². The number of likely N-dealkylation sites (tertiary alicyclic amines) is 1. The van der Waals surface area contributed by atoms with Gasteiger partial charge in [0, 0.05) is 13.1 Å². The van der Waals surface area contributed by atoms with Crippen LogP contribution in [0, 0.1) is 0 Å². The fraction of sp³-hybridized carbons (Fsp3) is 0.429. The molecule has 1 aliphatic rings. The molecule has 2 rings (SSSR count). The van der Waals surface area contributed by atoms with E-state index in [0.717, 1.165) is 0 Å². The third-order valence-corrected chi connectivity index (χ3v) is 2.67. The van der Waals surface area contributed by atoms with E-state index in [-0.39, 0.29) is 0 Å². The summed E-state index contributed by atoms with van der Waals surface area (Å²) in [4.78, 5) is 4.38. The third kappa shape index (κ3) is 5.01. The number of halogens is 1. The van der Waals surface area contributed by atoms with Crippen LogP contribution in [0.5, 0.6) is 0 Å². The van der Waals surface area contributed by atoms with Gasteiger partial charge >= 0.3 is 0 Å². The molecule has 1 aromatic rings. The molecule has 0 bridgehead atoms. The zero-order valence-electron chi connectivity index (χ0n) is 9.90. The minimum absolute atomic E-state index is 1.23. The van der Waals surface area contributed by atoms with Crippen LogP contribution in [0.3, 0.4) is 0 Å². The van der Waals surface area contributed by atoms with Crippen molar-refractivity contribution >= 4 is 28.7 Å². The minimum atomic E-state index is 1.23. The predicted octanol–water partition coefficient (Wildman–Crippen LogP) is 4.19. The lowest BCUT2D eigenvalue weighted by Gasteiger charge is -2.24. The third-order valence-electron chi connectivity index (χ3n) is 2.67. The highest BCUT2D eigenvalue weighted by Crippen LogP contribution is 2.10. The van der Waals surface area contributed by atoms with Gasteiger partial charge in [-0.1, -0.05) is 52.9 Å². The fourth-order valence-corrected chi connectivity index (χ4v) is 1.82. The van der Waals surface area contributed by atoms with E-state index in [4.69, 9.17) is 0 Å². The second-order valence-corrected chi connectivity index (χ2v) is 3.82. The van der Waals surface area contributed by atoms with Crippen molar-refractivity contribution in [1.82, 2.24) is 4.90 Å². The Bertz CT molecular complexity index is 289. The Labute approximate surface area is 113 Å². The van der Waals surface area contributed by atoms with Gasteiger partial charge in [0.2, 0.25) is 0 Å². The van der Waals surface area contributed by atoms with Gasteiger partial charge in [-0.25, -0.2) is 0 Å². The number of hydrogen-bond donors (Lipinski definition) is 0. The SMILES string of the molecule is C(=C\N1CCCCC1)/c1ccccc1.CI. The molecule has 0 aromatic heterocycles. The van der Waals surface area contributed by atoms with Crippen molar-refractivity contribution in [1.29, 1.82) is 0 Å². The van der Waals surface area contributed by atoms with Gasteiger partial charge in [0.25, 0.3) is 0 Å². The first-order chi connectivity index (χ1) is 7.95. The van der Waals surface area contributed by atoms with Gasteiger partial charge in [0.05, 0.1) is 0 Å². The van der Waals surface area contributed by atoms with Crippen molar-refractivity contribution < 1.29 is 0 Å². The number of alkyl halides is 1. The van der Waals surface area contributed by atoms with Crippen LogP contribution in [-0.4, -0.2) is 22.9 Å². The molecule has 0 unspecified atom stereocenters. The highest BCUT2D eigenvalue weighted by molar-refractivity contribution is 14.1. The molecule has 1 fully saturated rings. The first-order valence-corrected chi connectivity index (χ1v) is 7.96. The van der Waals surface area contributed by atoms with E-state index < -0.39 is 0 Å². The topological polar surface area (TPSA) is 3.24 Å². The quantitative estimate of drug-likeness (QED) is 0.581. The predicted molar refractivity (Wildman–Crippen MR) is 80.8 cm³/mol. The van der Waals surface area contributed by atoms with Gasteiger partial charge in [-0.3, -0.25) is 0 Å². The summed E-state index contributed by atoms with van der Waals surface area (Å²) in [5.74, 6) is 0. The first-order valence-electron chi connectivity index (χ1n) is 5.80. The highest BCUT2D eigenvalue weighted by atomic mass is 127. The fourth-order valence-electron chi connectivity index (χ4n) is 1.82. The number of benzene rings is 1. The highest BCUT2D eigenvalue weighted by Gasteiger charge is 2.04. The van der Waals surface area contributed by atoms with Crippen molar-refractivity contribution in [3.05, 3.63) is 42.1 Å². The molecular formula is C14H20IN. The average molecular weight is 329 g/mol. The van der Waals surface area contributed by atoms with Crippen molar-refractivity contribution in [3.63, 3.8) is 0 Å². The van der Waals surface area contributed by atoms with Crippen LogP contribution >= 0.6 is 22.6 Å². The Morgan fingerprint density at radius 1 is 1.00 bits per heavy atom. The number of nitrogens with zero attached hydrogens (tertiary/aromatic N) is 1. The second-order valence-electron chi connectivity index (χ2n) is 3.82. The van der Waals surface area contributed by atoms with E-state index >= 15 is 0 Å². The van der Waals surface area contributed by atoms with Crippen LogP contribution in [0.4, 0.5) is 0 Å². The minimum Gasteiger partial charge on any atom is -0.377 e. The molecular weight excluding hydrogens is 309 g/mol. The van der Waals surface area contributed by atoms with E-state index in [1.165, 1.54) is 37.9 Å². The molecule has 0 atom stereocenters. The summed E-state index contributed by atoms with van der Waals surface area (Å²) in [5.41, 5.74) is 1.29. The normalized spacial score (nSPS) is 15.8. The number of hydrogen-bond acceptors (Lipinski definition) is 1. The van der Waals surface area contributed by atoms with Crippen molar-refractivity contribution in [3.8, 4) is 0 Å². The Kier molecular flexibility index (Phi) is 7.30. The van der Waals surface area contributed by atoms with E-state index in [9.17, 15) is 0 Å². The van der Waals surface area contributed by atoms with Gasteiger partial charge in [0.1, 0.15) is 0 Å². The largest absolute Gasteiger partial charge is 0.377 e. The van der Waals surface area contributed by atoms with E-state index in [2.05, 4.69) is 70.1 Å². The van der Waals surface area contributed by atoms with Crippen LogP contribution in [0.1, 0.15) is 24.8 Å². The van der Waals surface area contributed by atoms with Crippen LogP contribution in [0.15, 0.2) is 36.5 Å². The van der Waals surface area contributed by atoms with Gasteiger partial charge in [-0.05, 0) is 42.0 Å². The summed E-state index contributed by atoms with van der Waals surface area (Å²) in [6, 6.07) is 10.5. The van der Waals surface area contributed by atoms with E-state index in [1.807, 2.05) is 4.93 Å². The maximum Gasteiger partial charge on any atom is 0.0172 e. The molecule has 1 nitrogen and oxygen atoms in total. The zero-order chi connectivity index (χ0) is 11.6. The van der Waals surface area contributed by atoms with Crippen LogP contribution in [-0.2, 0) is 0 Å². The van der Waals surface area contributed by atoms with Crippen LogP contribution in [0.2, 0.25) is 0 Å². The molecule has 1 saturated heterocycles. The smallest absolute Gasteiger partial charge is 0.0172 e. The lowest BCUT2D eigenvalue weighted by Crippen LogP contribution is -2.23. The molecule has 0 N–H and O–H groups in total.